The SMILES string of the molecule is O=C([S])CC1CCC1. The van der Waals surface area contributed by atoms with Crippen LogP contribution in [0.15, 0.2) is 0 Å². The van der Waals surface area contributed by atoms with Gasteiger partial charge in [-0.25, -0.2) is 0 Å². The Hall–Kier alpha value is -0.110. The van der Waals surface area contributed by atoms with Gasteiger partial charge in [-0.15, -0.1) is 0 Å². The predicted octanol–water partition coefficient (Wildman–Crippen LogP) is 1.90. The second-order valence-corrected chi connectivity index (χ2v) is 2.83. The van der Waals surface area contributed by atoms with Crippen LogP contribution in [0.2, 0.25) is 0 Å². The van der Waals surface area contributed by atoms with Gasteiger partial charge in [-0.1, -0.05) is 6.42 Å². The van der Waals surface area contributed by atoms with Crippen molar-refractivity contribution in [3.63, 3.8) is 0 Å². The van der Waals surface area contributed by atoms with Crippen molar-refractivity contribution in [1.29, 1.82) is 0 Å². The molecule has 0 aromatic heterocycles. The van der Waals surface area contributed by atoms with E-state index in [0.717, 1.165) is 0 Å². The largest absolute Gasteiger partial charge is 0.282 e. The summed E-state index contributed by atoms with van der Waals surface area (Å²) >= 11 is 4.42. The number of carbonyl (C=O) groups excluding carboxylic acids is 1. The summed E-state index contributed by atoms with van der Waals surface area (Å²) < 4.78 is 0. The molecule has 2 heteroatoms. The van der Waals surface area contributed by atoms with Gasteiger partial charge < -0.3 is 0 Å². The highest BCUT2D eigenvalue weighted by atomic mass is 32.1. The predicted molar refractivity (Wildman–Crippen MR) is 34.6 cm³/mol. The number of carbonyl (C=O) groups is 1. The maximum Gasteiger partial charge on any atom is 0.218 e. The van der Waals surface area contributed by atoms with E-state index in [1.807, 2.05) is 0 Å². The zero-order chi connectivity index (χ0) is 5.98. The Kier molecular flexibility index (Phi) is 1.84. The van der Waals surface area contributed by atoms with Gasteiger partial charge in [-0.3, -0.25) is 4.79 Å². The molecule has 0 N–H and O–H groups in total. The molecule has 1 aliphatic rings. The number of rotatable bonds is 2. The smallest absolute Gasteiger partial charge is 0.218 e. The van der Waals surface area contributed by atoms with E-state index in [4.69, 9.17) is 0 Å². The molecule has 1 saturated carbocycles. The van der Waals surface area contributed by atoms with Crippen LogP contribution in [-0.4, -0.2) is 5.12 Å². The fraction of sp³-hybridized carbons (Fsp3) is 0.833. The maximum atomic E-state index is 10.3. The standard InChI is InChI=1S/C6H9OS/c7-6(8)4-5-2-1-3-5/h5H,1-4H2. The minimum atomic E-state index is -0.0605. The van der Waals surface area contributed by atoms with Crippen molar-refractivity contribution in [2.24, 2.45) is 5.92 Å². The van der Waals surface area contributed by atoms with E-state index in [-0.39, 0.29) is 5.12 Å². The second-order valence-electron chi connectivity index (χ2n) is 2.37. The van der Waals surface area contributed by atoms with E-state index in [9.17, 15) is 4.79 Å². The summed E-state index contributed by atoms with van der Waals surface area (Å²) in [5.41, 5.74) is 0. The van der Waals surface area contributed by atoms with Crippen molar-refractivity contribution >= 4 is 17.7 Å². The Balaban J connectivity index is 2.09. The molecular formula is C6H9OS. The molecule has 1 rings (SSSR count). The third-order valence-corrected chi connectivity index (χ3v) is 1.85. The fourth-order valence-electron chi connectivity index (χ4n) is 0.933. The summed E-state index contributed by atoms with van der Waals surface area (Å²) in [6, 6.07) is 0. The molecule has 1 aliphatic carbocycles. The van der Waals surface area contributed by atoms with Crippen LogP contribution in [0.25, 0.3) is 0 Å². The first-order chi connectivity index (χ1) is 3.79. The second kappa shape index (κ2) is 2.44. The van der Waals surface area contributed by atoms with Crippen LogP contribution >= 0.6 is 12.6 Å². The van der Waals surface area contributed by atoms with Crippen LogP contribution in [0.1, 0.15) is 25.7 Å². The molecule has 0 aromatic rings. The minimum Gasteiger partial charge on any atom is -0.282 e. The first kappa shape index (κ1) is 6.02. The Labute approximate surface area is 54.9 Å². The van der Waals surface area contributed by atoms with E-state index in [1.54, 1.807) is 0 Å². The van der Waals surface area contributed by atoms with Crippen LogP contribution < -0.4 is 0 Å². The van der Waals surface area contributed by atoms with Gasteiger partial charge in [0.25, 0.3) is 0 Å². The monoisotopic (exact) mass is 129 g/mol. The molecule has 45 valence electrons. The minimum absolute atomic E-state index is 0.0605. The Bertz CT molecular complexity index is 96.7. The lowest BCUT2D eigenvalue weighted by molar-refractivity contribution is -0.112. The average Bonchev–Trinajstić information content (AvgIpc) is 1.55. The van der Waals surface area contributed by atoms with E-state index in [1.165, 1.54) is 19.3 Å². The molecule has 0 aromatic carbocycles. The summed E-state index contributed by atoms with van der Waals surface area (Å²) in [5.74, 6) is 0.653. The topological polar surface area (TPSA) is 17.1 Å². The molecule has 0 atom stereocenters. The molecule has 1 fully saturated rings. The molecule has 0 heterocycles. The molecule has 0 saturated heterocycles. The molecule has 0 unspecified atom stereocenters. The van der Waals surface area contributed by atoms with Crippen LogP contribution in [-0.2, 0) is 4.79 Å². The van der Waals surface area contributed by atoms with Crippen LogP contribution in [0.4, 0.5) is 0 Å². The number of hydrogen-bond donors (Lipinski definition) is 0. The van der Waals surface area contributed by atoms with Crippen molar-refractivity contribution in [2.45, 2.75) is 25.7 Å². The third kappa shape index (κ3) is 1.44. The Morgan fingerprint density at radius 2 is 2.25 bits per heavy atom. The zero-order valence-corrected chi connectivity index (χ0v) is 5.54. The summed E-state index contributed by atoms with van der Waals surface area (Å²) in [4.78, 5) is 10.3. The van der Waals surface area contributed by atoms with Gasteiger partial charge in [-0.05, 0) is 31.4 Å². The van der Waals surface area contributed by atoms with Gasteiger partial charge in [0, 0.05) is 6.42 Å². The van der Waals surface area contributed by atoms with Gasteiger partial charge >= 0.3 is 0 Å². The quantitative estimate of drug-likeness (QED) is 0.556. The van der Waals surface area contributed by atoms with Crippen LogP contribution in [0.5, 0.6) is 0 Å². The van der Waals surface area contributed by atoms with Gasteiger partial charge in [0.15, 0.2) is 0 Å². The fourth-order valence-corrected chi connectivity index (χ4v) is 1.17. The number of hydrogen-bond acceptors (Lipinski definition) is 1. The Morgan fingerprint density at radius 3 is 2.38 bits per heavy atom. The lowest BCUT2D eigenvalue weighted by Gasteiger charge is -2.22. The maximum absolute atomic E-state index is 10.3. The molecule has 0 spiro atoms. The van der Waals surface area contributed by atoms with Crippen molar-refractivity contribution in [1.82, 2.24) is 0 Å². The van der Waals surface area contributed by atoms with Gasteiger partial charge in [0.2, 0.25) is 5.12 Å². The van der Waals surface area contributed by atoms with Crippen molar-refractivity contribution < 1.29 is 4.79 Å². The first-order valence-electron chi connectivity index (χ1n) is 2.99. The Morgan fingerprint density at radius 1 is 1.62 bits per heavy atom. The first-order valence-corrected chi connectivity index (χ1v) is 3.39. The molecule has 1 nitrogen and oxygen atoms in total. The van der Waals surface area contributed by atoms with Crippen molar-refractivity contribution in [2.75, 3.05) is 0 Å². The molecule has 0 bridgehead atoms. The lowest BCUT2D eigenvalue weighted by atomic mass is 9.83. The summed E-state index contributed by atoms with van der Waals surface area (Å²) in [7, 11) is 0. The highest BCUT2D eigenvalue weighted by molar-refractivity contribution is 7.96. The van der Waals surface area contributed by atoms with E-state index in [0.29, 0.717) is 12.3 Å². The molecule has 8 heavy (non-hydrogen) atoms. The van der Waals surface area contributed by atoms with Gasteiger partial charge in [0.05, 0.1) is 0 Å². The van der Waals surface area contributed by atoms with Crippen molar-refractivity contribution in [3.05, 3.63) is 0 Å². The highest BCUT2D eigenvalue weighted by Crippen LogP contribution is 2.29. The van der Waals surface area contributed by atoms with E-state index < -0.39 is 0 Å². The molecular weight excluding hydrogens is 120 g/mol. The average molecular weight is 129 g/mol. The third-order valence-electron chi connectivity index (χ3n) is 1.68. The van der Waals surface area contributed by atoms with Crippen LogP contribution in [0.3, 0.4) is 0 Å². The molecule has 0 aliphatic heterocycles. The van der Waals surface area contributed by atoms with Crippen molar-refractivity contribution in [3.8, 4) is 0 Å². The summed E-state index contributed by atoms with van der Waals surface area (Å²) in [6.07, 6.45) is 4.40. The molecule has 1 radical (unpaired) electrons. The summed E-state index contributed by atoms with van der Waals surface area (Å²) in [5, 5.41) is -0.0605. The van der Waals surface area contributed by atoms with E-state index in [2.05, 4.69) is 12.6 Å². The highest BCUT2D eigenvalue weighted by Gasteiger charge is 2.18. The van der Waals surface area contributed by atoms with Gasteiger partial charge in [0.1, 0.15) is 0 Å². The summed E-state index contributed by atoms with van der Waals surface area (Å²) in [6.45, 7) is 0. The van der Waals surface area contributed by atoms with E-state index >= 15 is 0 Å². The van der Waals surface area contributed by atoms with Crippen LogP contribution in [0, 0.1) is 5.92 Å². The normalized spacial score (nSPS) is 20.0. The lowest BCUT2D eigenvalue weighted by Crippen LogP contribution is -2.12. The van der Waals surface area contributed by atoms with Gasteiger partial charge in [-0.2, -0.15) is 0 Å². The molecule has 0 amide bonds. The zero-order valence-electron chi connectivity index (χ0n) is 4.72.